The number of carbonyl (C=O) groups excluding carboxylic acids is 2. The van der Waals surface area contributed by atoms with Crippen LogP contribution in [0.1, 0.15) is 27.0 Å². The number of ether oxygens (including phenoxy) is 1. The third-order valence-corrected chi connectivity index (χ3v) is 5.25. The number of halogens is 1. The summed E-state index contributed by atoms with van der Waals surface area (Å²) in [6, 6.07) is 11.6. The number of esters is 1. The third-order valence-electron chi connectivity index (χ3n) is 5.01. The van der Waals surface area contributed by atoms with Crippen molar-refractivity contribution in [2.75, 3.05) is 37.7 Å². The van der Waals surface area contributed by atoms with Crippen molar-refractivity contribution in [1.82, 2.24) is 4.90 Å². The van der Waals surface area contributed by atoms with E-state index in [2.05, 4.69) is 4.90 Å². The van der Waals surface area contributed by atoms with E-state index in [1.165, 1.54) is 0 Å². The van der Waals surface area contributed by atoms with Crippen LogP contribution in [0.25, 0.3) is 0 Å². The number of piperazine rings is 1. The normalized spacial score (nSPS) is 14.1. The number of carbonyl (C=O) groups is 2. The highest BCUT2D eigenvalue weighted by atomic mass is 35.5. The maximum Gasteiger partial charge on any atom is 0.339 e. The Morgan fingerprint density at radius 3 is 2.25 bits per heavy atom. The lowest BCUT2D eigenvalue weighted by Gasteiger charge is -2.36. The quantitative estimate of drug-likeness (QED) is 0.733. The number of anilines is 1. The molecule has 0 radical (unpaired) electrons. The average molecular weight is 401 g/mol. The second-order valence-electron chi connectivity index (χ2n) is 7.20. The van der Waals surface area contributed by atoms with E-state index >= 15 is 0 Å². The van der Waals surface area contributed by atoms with Gasteiger partial charge in [0.1, 0.15) is 0 Å². The van der Waals surface area contributed by atoms with Gasteiger partial charge >= 0.3 is 5.97 Å². The molecule has 28 heavy (non-hydrogen) atoms. The van der Waals surface area contributed by atoms with Crippen molar-refractivity contribution < 1.29 is 14.3 Å². The highest BCUT2D eigenvalue weighted by Gasteiger charge is 2.23. The zero-order valence-electron chi connectivity index (χ0n) is 16.5. The van der Waals surface area contributed by atoms with Gasteiger partial charge in [0, 0.05) is 36.9 Å². The standard InChI is InChI=1S/C22H25ClN2O3/c1-15-11-16(2)21(17(3)12-15)22(27)28-14-20(26)25-9-7-24(8-10-25)19-6-4-5-18(23)13-19/h4-6,11-13H,7-10,14H2,1-3H3. The Labute approximate surface area is 170 Å². The first-order valence-electron chi connectivity index (χ1n) is 9.38. The molecule has 1 heterocycles. The number of benzene rings is 2. The number of amides is 1. The Kier molecular flexibility index (Phi) is 6.25. The van der Waals surface area contributed by atoms with E-state index in [0.717, 1.165) is 35.5 Å². The van der Waals surface area contributed by atoms with Crippen LogP contribution in [0.3, 0.4) is 0 Å². The van der Waals surface area contributed by atoms with Crippen molar-refractivity contribution >= 4 is 29.2 Å². The predicted molar refractivity (Wildman–Crippen MR) is 111 cm³/mol. The van der Waals surface area contributed by atoms with Crippen molar-refractivity contribution in [3.05, 3.63) is 63.7 Å². The summed E-state index contributed by atoms with van der Waals surface area (Å²) >= 11 is 6.06. The Morgan fingerprint density at radius 1 is 1.00 bits per heavy atom. The molecule has 6 heteroatoms. The summed E-state index contributed by atoms with van der Waals surface area (Å²) < 4.78 is 5.31. The summed E-state index contributed by atoms with van der Waals surface area (Å²) in [5.74, 6) is -0.609. The van der Waals surface area contributed by atoms with E-state index in [1.54, 1.807) is 4.90 Å². The molecular formula is C22H25ClN2O3. The van der Waals surface area contributed by atoms with Crippen LogP contribution in [0, 0.1) is 20.8 Å². The molecule has 1 saturated heterocycles. The fourth-order valence-corrected chi connectivity index (χ4v) is 3.86. The van der Waals surface area contributed by atoms with Gasteiger partial charge in [0.15, 0.2) is 6.61 Å². The molecule has 1 fully saturated rings. The van der Waals surface area contributed by atoms with Gasteiger partial charge in [0.25, 0.3) is 5.91 Å². The van der Waals surface area contributed by atoms with E-state index in [-0.39, 0.29) is 12.5 Å². The molecule has 0 aromatic heterocycles. The van der Waals surface area contributed by atoms with Crippen molar-refractivity contribution in [3.8, 4) is 0 Å². The molecule has 0 unspecified atom stereocenters. The summed E-state index contributed by atoms with van der Waals surface area (Å²) in [7, 11) is 0. The number of hydrogen-bond donors (Lipinski definition) is 0. The fourth-order valence-electron chi connectivity index (χ4n) is 3.68. The molecule has 1 aliphatic rings. The number of rotatable bonds is 4. The third kappa shape index (κ3) is 4.65. The van der Waals surface area contributed by atoms with E-state index in [0.29, 0.717) is 23.7 Å². The Bertz CT molecular complexity index is 866. The molecule has 0 aliphatic carbocycles. The van der Waals surface area contributed by atoms with Crippen LogP contribution in [0.15, 0.2) is 36.4 Å². The monoisotopic (exact) mass is 400 g/mol. The summed E-state index contributed by atoms with van der Waals surface area (Å²) in [5.41, 5.74) is 4.43. The second-order valence-corrected chi connectivity index (χ2v) is 7.63. The molecule has 0 bridgehead atoms. The first-order chi connectivity index (χ1) is 13.3. The molecule has 0 N–H and O–H groups in total. The topological polar surface area (TPSA) is 49.9 Å². The van der Waals surface area contributed by atoms with Crippen molar-refractivity contribution in [3.63, 3.8) is 0 Å². The lowest BCUT2D eigenvalue weighted by atomic mass is 10.00. The minimum atomic E-state index is -0.444. The number of nitrogens with zero attached hydrogens (tertiary/aromatic N) is 2. The van der Waals surface area contributed by atoms with Gasteiger partial charge in [-0.25, -0.2) is 4.79 Å². The van der Waals surface area contributed by atoms with E-state index in [4.69, 9.17) is 16.3 Å². The maximum absolute atomic E-state index is 12.5. The average Bonchev–Trinajstić information content (AvgIpc) is 2.65. The summed E-state index contributed by atoms with van der Waals surface area (Å²) in [6.45, 7) is 8.13. The molecular weight excluding hydrogens is 376 g/mol. The van der Waals surface area contributed by atoms with Crippen molar-refractivity contribution in [2.45, 2.75) is 20.8 Å². The summed E-state index contributed by atoms with van der Waals surface area (Å²) in [5, 5.41) is 0.699. The van der Waals surface area contributed by atoms with Crippen LogP contribution in [-0.2, 0) is 9.53 Å². The van der Waals surface area contributed by atoms with Crippen LogP contribution in [0.5, 0.6) is 0 Å². The molecule has 2 aromatic carbocycles. The van der Waals surface area contributed by atoms with Gasteiger partial charge in [-0.1, -0.05) is 35.4 Å². The van der Waals surface area contributed by atoms with Crippen LogP contribution in [0.4, 0.5) is 5.69 Å². The minimum Gasteiger partial charge on any atom is -0.452 e. The largest absolute Gasteiger partial charge is 0.452 e. The van der Waals surface area contributed by atoms with Gasteiger partial charge in [-0.05, 0) is 50.1 Å². The molecule has 2 aromatic rings. The number of hydrogen-bond acceptors (Lipinski definition) is 4. The first-order valence-corrected chi connectivity index (χ1v) is 9.76. The van der Waals surface area contributed by atoms with Crippen molar-refractivity contribution in [1.29, 1.82) is 0 Å². The van der Waals surface area contributed by atoms with Crippen LogP contribution in [-0.4, -0.2) is 49.6 Å². The fraction of sp³-hybridized carbons (Fsp3) is 0.364. The molecule has 1 aliphatic heterocycles. The second kappa shape index (κ2) is 8.65. The number of aryl methyl sites for hydroxylation is 3. The van der Waals surface area contributed by atoms with Gasteiger partial charge in [-0.15, -0.1) is 0 Å². The SMILES string of the molecule is Cc1cc(C)c(C(=O)OCC(=O)N2CCN(c3cccc(Cl)c3)CC2)c(C)c1. The lowest BCUT2D eigenvalue weighted by Crippen LogP contribution is -2.49. The molecule has 0 spiro atoms. The predicted octanol–water partition coefficient (Wildman–Crippen LogP) is 3.77. The van der Waals surface area contributed by atoms with Crippen LogP contribution < -0.4 is 4.90 Å². The molecule has 3 rings (SSSR count). The Morgan fingerprint density at radius 2 is 1.64 bits per heavy atom. The molecule has 0 atom stereocenters. The highest BCUT2D eigenvalue weighted by molar-refractivity contribution is 6.30. The zero-order chi connectivity index (χ0) is 20.3. The van der Waals surface area contributed by atoms with E-state index < -0.39 is 5.97 Å². The zero-order valence-corrected chi connectivity index (χ0v) is 17.3. The maximum atomic E-state index is 12.5. The summed E-state index contributed by atoms with van der Waals surface area (Å²) in [6.07, 6.45) is 0. The van der Waals surface area contributed by atoms with Crippen molar-refractivity contribution in [2.24, 2.45) is 0 Å². The molecule has 0 saturated carbocycles. The van der Waals surface area contributed by atoms with Gasteiger partial charge in [-0.2, -0.15) is 0 Å². The Hall–Kier alpha value is -2.53. The molecule has 1 amide bonds. The first kappa shape index (κ1) is 20.2. The van der Waals surface area contributed by atoms with Crippen LogP contribution in [0.2, 0.25) is 5.02 Å². The molecule has 148 valence electrons. The smallest absolute Gasteiger partial charge is 0.339 e. The van der Waals surface area contributed by atoms with Gasteiger partial charge in [0.05, 0.1) is 5.56 Å². The lowest BCUT2D eigenvalue weighted by molar-refractivity contribution is -0.134. The Balaban J connectivity index is 1.53. The van der Waals surface area contributed by atoms with E-state index in [1.807, 2.05) is 57.2 Å². The highest BCUT2D eigenvalue weighted by Crippen LogP contribution is 2.21. The molecule has 5 nitrogen and oxygen atoms in total. The van der Waals surface area contributed by atoms with Gasteiger partial charge in [0.2, 0.25) is 0 Å². The van der Waals surface area contributed by atoms with Gasteiger partial charge < -0.3 is 14.5 Å². The van der Waals surface area contributed by atoms with E-state index in [9.17, 15) is 9.59 Å². The minimum absolute atomic E-state index is 0.165. The van der Waals surface area contributed by atoms with Gasteiger partial charge in [-0.3, -0.25) is 4.79 Å². The van der Waals surface area contributed by atoms with Crippen LogP contribution >= 0.6 is 11.6 Å². The summed E-state index contributed by atoms with van der Waals surface area (Å²) in [4.78, 5) is 28.8.